The summed E-state index contributed by atoms with van der Waals surface area (Å²) in [6.07, 6.45) is 1.58. The molecule has 5 aromatic carbocycles. The smallest absolute Gasteiger partial charge is 0.180 e. The Kier molecular flexibility index (Phi) is 5.36. The molecule has 7 heteroatoms. The molecule has 0 aliphatic rings. The minimum atomic E-state index is 0.578. The predicted molar refractivity (Wildman–Crippen MR) is 172 cm³/mol. The van der Waals surface area contributed by atoms with Gasteiger partial charge in [0.15, 0.2) is 23.1 Å². The van der Waals surface area contributed by atoms with Gasteiger partial charge in [0.2, 0.25) is 0 Å². The van der Waals surface area contributed by atoms with Crippen LogP contribution in [0.1, 0.15) is 0 Å². The van der Waals surface area contributed by atoms with Crippen LogP contribution < -0.4 is 0 Å². The Hall–Kier alpha value is -6.21. The van der Waals surface area contributed by atoms with Crippen LogP contribution in [0.5, 0.6) is 0 Å². The lowest BCUT2D eigenvalue weighted by molar-refractivity contribution is 0.666. The number of fused-ring (bicyclic) bond motifs is 6. The maximum atomic E-state index is 6.43. The monoisotopic (exact) mass is 567 g/mol. The molecule has 0 fully saturated rings. The van der Waals surface area contributed by atoms with Crippen molar-refractivity contribution < 1.29 is 8.83 Å². The van der Waals surface area contributed by atoms with Gasteiger partial charge in [0.25, 0.3) is 0 Å². The van der Waals surface area contributed by atoms with Crippen LogP contribution in [-0.4, -0.2) is 24.9 Å². The zero-order valence-corrected chi connectivity index (χ0v) is 23.2. The van der Waals surface area contributed by atoms with Crippen LogP contribution in [0.15, 0.2) is 136 Å². The molecule has 9 rings (SSSR count). The molecule has 0 amide bonds. The second-order valence-electron chi connectivity index (χ2n) is 10.6. The molecule has 0 atom stereocenters. The van der Waals surface area contributed by atoms with Crippen LogP contribution in [0.25, 0.3) is 89.4 Å². The number of aromatic nitrogens is 5. The molecule has 0 N–H and O–H groups in total. The number of nitrogens with zero attached hydrogens (tertiary/aromatic N) is 5. The second kappa shape index (κ2) is 9.68. The van der Waals surface area contributed by atoms with Crippen molar-refractivity contribution in [2.24, 2.45) is 0 Å². The Morgan fingerprint density at radius 1 is 0.409 bits per heavy atom. The minimum Gasteiger partial charge on any atom is -0.456 e. The molecule has 9 aromatic rings. The van der Waals surface area contributed by atoms with Gasteiger partial charge in [-0.25, -0.2) is 24.9 Å². The summed E-state index contributed by atoms with van der Waals surface area (Å²) in [5.41, 5.74) is 8.04. The molecule has 7 nitrogen and oxygen atoms in total. The van der Waals surface area contributed by atoms with Crippen LogP contribution in [0, 0.1) is 0 Å². The third kappa shape index (κ3) is 3.94. The fourth-order valence-corrected chi connectivity index (χ4v) is 5.73. The lowest BCUT2D eigenvalue weighted by atomic mass is 10.1. The predicted octanol–water partition coefficient (Wildman–Crippen LogP) is 9.13. The third-order valence-electron chi connectivity index (χ3n) is 7.86. The summed E-state index contributed by atoms with van der Waals surface area (Å²) in [5, 5.41) is 2.98. The standard InChI is InChI=1S/C37H21N5O2/c1-3-9-22(10-4-1)35-40-36(23-11-5-2-6-12-23)42-37(41-35)25-16-18-27-26-17-15-24(19-30(26)43-31(27)20-25)32-34-33(39-21-38-32)28-13-7-8-14-29(28)44-34/h1-21H. The summed E-state index contributed by atoms with van der Waals surface area (Å²) in [5.74, 6) is 1.81. The lowest BCUT2D eigenvalue weighted by Crippen LogP contribution is -2.00. The van der Waals surface area contributed by atoms with Crippen molar-refractivity contribution in [3.05, 3.63) is 128 Å². The maximum absolute atomic E-state index is 6.43. The van der Waals surface area contributed by atoms with Crippen molar-refractivity contribution in [1.82, 2.24) is 24.9 Å². The van der Waals surface area contributed by atoms with Gasteiger partial charge in [-0.15, -0.1) is 0 Å². The van der Waals surface area contributed by atoms with E-state index in [4.69, 9.17) is 23.8 Å². The van der Waals surface area contributed by atoms with Crippen molar-refractivity contribution in [2.75, 3.05) is 0 Å². The highest BCUT2D eigenvalue weighted by Crippen LogP contribution is 2.37. The first kappa shape index (κ1) is 24.4. The first-order valence-electron chi connectivity index (χ1n) is 14.2. The number of rotatable bonds is 4. The molecule has 0 aliphatic heterocycles. The summed E-state index contributed by atoms with van der Waals surface area (Å²) in [6.45, 7) is 0. The maximum Gasteiger partial charge on any atom is 0.180 e. The molecule has 0 bridgehead atoms. The van der Waals surface area contributed by atoms with Gasteiger partial charge in [0, 0.05) is 38.4 Å². The molecule has 206 valence electrons. The van der Waals surface area contributed by atoms with Crippen molar-refractivity contribution in [1.29, 1.82) is 0 Å². The van der Waals surface area contributed by atoms with E-state index in [0.29, 0.717) is 23.1 Å². The van der Waals surface area contributed by atoms with Crippen LogP contribution in [0.2, 0.25) is 0 Å². The molecule has 44 heavy (non-hydrogen) atoms. The number of hydrogen-bond acceptors (Lipinski definition) is 7. The highest BCUT2D eigenvalue weighted by molar-refractivity contribution is 6.09. The van der Waals surface area contributed by atoms with E-state index < -0.39 is 0 Å². The number of hydrogen-bond donors (Lipinski definition) is 0. The molecule has 0 spiro atoms. The van der Waals surface area contributed by atoms with E-state index in [1.165, 1.54) is 0 Å². The zero-order chi connectivity index (χ0) is 29.0. The molecule has 0 aliphatic carbocycles. The van der Waals surface area contributed by atoms with Gasteiger partial charge in [-0.1, -0.05) is 84.9 Å². The number of para-hydroxylation sites is 1. The summed E-state index contributed by atoms with van der Waals surface area (Å²) in [7, 11) is 0. The molecular formula is C37H21N5O2. The Bertz CT molecular complexity index is 2440. The Labute approximate surface area is 250 Å². The molecular weight excluding hydrogens is 546 g/mol. The average molecular weight is 568 g/mol. The Morgan fingerprint density at radius 3 is 1.66 bits per heavy atom. The normalized spacial score (nSPS) is 11.6. The van der Waals surface area contributed by atoms with E-state index in [1.54, 1.807) is 6.33 Å². The Balaban J connectivity index is 1.17. The molecule has 0 saturated heterocycles. The quantitative estimate of drug-likeness (QED) is 0.209. The van der Waals surface area contributed by atoms with E-state index >= 15 is 0 Å². The fraction of sp³-hybridized carbons (Fsp3) is 0. The second-order valence-corrected chi connectivity index (χ2v) is 10.6. The van der Waals surface area contributed by atoms with Gasteiger partial charge in [0.1, 0.15) is 34.3 Å². The van der Waals surface area contributed by atoms with E-state index in [9.17, 15) is 0 Å². The summed E-state index contributed by atoms with van der Waals surface area (Å²) >= 11 is 0. The first-order chi connectivity index (χ1) is 21.8. The summed E-state index contributed by atoms with van der Waals surface area (Å²) in [6, 6.07) is 40.0. The van der Waals surface area contributed by atoms with Gasteiger partial charge < -0.3 is 8.83 Å². The minimum absolute atomic E-state index is 0.578. The summed E-state index contributed by atoms with van der Waals surface area (Å²) in [4.78, 5) is 23.6. The molecule has 0 radical (unpaired) electrons. The highest BCUT2D eigenvalue weighted by atomic mass is 16.3. The topological polar surface area (TPSA) is 90.7 Å². The molecule has 4 heterocycles. The lowest BCUT2D eigenvalue weighted by Gasteiger charge is -2.08. The highest BCUT2D eigenvalue weighted by Gasteiger charge is 2.18. The van der Waals surface area contributed by atoms with Gasteiger partial charge in [-0.05, 0) is 36.4 Å². The van der Waals surface area contributed by atoms with Crippen molar-refractivity contribution >= 4 is 44.0 Å². The van der Waals surface area contributed by atoms with Crippen LogP contribution >= 0.6 is 0 Å². The number of benzene rings is 5. The largest absolute Gasteiger partial charge is 0.456 e. The summed E-state index contributed by atoms with van der Waals surface area (Å²) < 4.78 is 12.6. The fourth-order valence-electron chi connectivity index (χ4n) is 5.73. The Morgan fingerprint density at radius 2 is 0.977 bits per heavy atom. The molecule has 4 aromatic heterocycles. The van der Waals surface area contributed by atoms with E-state index in [1.807, 2.05) is 109 Å². The van der Waals surface area contributed by atoms with E-state index in [0.717, 1.165) is 66.4 Å². The van der Waals surface area contributed by atoms with E-state index in [2.05, 4.69) is 22.1 Å². The average Bonchev–Trinajstić information content (AvgIpc) is 3.66. The van der Waals surface area contributed by atoms with E-state index in [-0.39, 0.29) is 0 Å². The van der Waals surface area contributed by atoms with Crippen molar-refractivity contribution in [2.45, 2.75) is 0 Å². The van der Waals surface area contributed by atoms with Crippen molar-refractivity contribution in [3.63, 3.8) is 0 Å². The van der Waals surface area contributed by atoms with Gasteiger partial charge in [0.05, 0.1) is 0 Å². The molecule has 0 saturated carbocycles. The SMILES string of the molecule is c1ccc(-c2nc(-c3ccccc3)nc(-c3ccc4c(c3)oc3cc(-c5ncnc6c5oc5ccccc56)ccc34)n2)cc1. The number of furan rings is 2. The third-order valence-corrected chi connectivity index (χ3v) is 7.86. The van der Waals surface area contributed by atoms with Crippen molar-refractivity contribution in [3.8, 4) is 45.4 Å². The van der Waals surface area contributed by atoms with Gasteiger partial charge in [-0.2, -0.15) is 0 Å². The van der Waals surface area contributed by atoms with Crippen LogP contribution in [-0.2, 0) is 0 Å². The zero-order valence-electron chi connectivity index (χ0n) is 23.2. The molecule has 0 unspecified atom stereocenters. The van der Waals surface area contributed by atoms with Gasteiger partial charge in [-0.3, -0.25) is 0 Å². The van der Waals surface area contributed by atoms with Gasteiger partial charge >= 0.3 is 0 Å². The van der Waals surface area contributed by atoms with Crippen LogP contribution in [0.4, 0.5) is 0 Å². The first-order valence-corrected chi connectivity index (χ1v) is 14.2. The van der Waals surface area contributed by atoms with Crippen LogP contribution in [0.3, 0.4) is 0 Å².